The molecule has 1 saturated heterocycles. The second-order valence-electron chi connectivity index (χ2n) is 3.36. The molecule has 1 rings (SSSR count). The van der Waals surface area contributed by atoms with Gasteiger partial charge >= 0.3 is 0 Å². The van der Waals surface area contributed by atoms with Crippen molar-refractivity contribution in [3.05, 3.63) is 0 Å². The maximum Gasteiger partial charge on any atom is 0.0639 e. The SMILES string of the molecule is CC(C)[C@@H]1OCC[C@@H]1CN. The quantitative estimate of drug-likeness (QED) is 0.626. The van der Waals surface area contributed by atoms with E-state index in [4.69, 9.17) is 10.5 Å². The Morgan fingerprint density at radius 1 is 1.60 bits per heavy atom. The van der Waals surface area contributed by atoms with Crippen molar-refractivity contribution in [2.45, 2.75) is 26.4 Å². The topological polar surface area (TPSA) is 35.2 Å². The maximum atomic E-state index is 5.58. The molecule has 1 aliphatic rings. The Bertz CT molecular complexity index is 103. The summed E-state index contributed by atoms with van der Waals surface area (Å²) < 4.78 is 5.54. The summed E-state index contributed by atoms with van der Waals surface area (Å²) >= 11 is 0. The van der Waals surface area contributed by atoms with E-state index < -0.39 is 0 Å². The highest BCUT2D eigenvalue weighted by Crippen LogP contribution is 2.25. The fraction of sp³-hybridized carbons (Fsp3) is 1.00. The second kappa shape index (κ2) is 3.35. The summed E-state index contributed by atoms with van der Waals surface area (Å²) in [7, 11) is 0. The summed E-state index contributed by atoms with van der Waals surface area (Å²) in [4.78, 5) is 0. The first-order chi connectivity index (χ1) is 4.75. The zero-order chi connectivity index (χ0) is 7.56. The molecule has 0 aromatic carbocycles. The molecule has 0 aromatic heterocycles. The normalized spacial score (nSPS) is 33.6. The van der Waals surface area contributed by atoms with Crippen molar-refractivity contribution < 1.29 is 4.74 Å². The van der Waals surface area contributed by atoms with Gasteiger partial charge in [0.1, 0.15) is 0 Å². The van der Waals surface area contributed by atoms with E-state index in [9.17, 15) is 0 Å². The minimum atomic E-state index is 0.421. The first-order valence-electron chi connectivity index (χ1n) is 4.07. The van der Waals surface area contributed by atoms with Gasteiger partial charge in [0.2, 0.25) is 0 Å². The predicted molar refractivity (Wildman–Crippen MR) is 41.7 cm³/mol. The monoisotopic (exact) mass is 143 g/mol. The minimum absolute atomic E-state index is 0.421. The summed E-state index contributed by atoms with van der Waals surface area (Å²) in [5.74, 6) is 1.23. The second-order valence-corrected chi connectivity index (χ2v) is 3.36. The van der Waals surface area contributed by atoms with Crippen LogP contribution in [0.4, 0.5) is 0 Å². The van der Waals surface area contributed by atoms with E-state index in [0.29, 0.717) is 17.9 Å². The first-order valence-corrected chi connectivity index (χ1v) is 4.07. The molecule has 2 atom stereocenters. The third-order valence-electron chi connectivity index (χ3n) is 2.22. The number of hydrogen-bond donors (Lipinski definition) is 1. The van der Waals surface area contributed by atoms with Gasteiger partial charge in [-0.2, -0.15) is 0 Å². The Labute approximate surface area is 62.7 Å². The van der Waals surface area contributed by atoms with E-state index >= 15 is 0 Å². The van der Waals surface area contributed by atoms with Gasteiger partial charge in [-0.1, -0.05) is 13.8 Å². The largest absolute Gasteiger partial charge is 0.378 e. The van der Waals surface area contributed by atoms with Crippen LogP contribution in [0.15, 0.2) is 0 Å². The van der Waals surface area contributed by atoms with Crippen molar-refractivity contribution in [3.63, 3.8) is 0 Å². The number of hydrogen-bond acceptors (Lipinski definition) is 2. The van der Waals surface area contributed by atoms with Crippen molar-refractivity contribution in [1.82, 2.24) is 0 Å². The van der Waals surface area contributed by atoms with E-state index in [1.165, 1.54) is 0 Å². The molecular formula is C8H17NO. The van der Waals surface area contributed by atoms with Crippen molar-refractivity contribution in [1.29, 1.82) is 0 Å². The van der Waals surface area contributed by atoms with Gasteiger partial charge in [0.05, 0.1) is 6.10 Å². The lowest BCUT2D eigenvalue weighted by Crippen LogP contribution is -2.28. The van der Waals surface area contributed by atoms with Gasteiger partial charge in [-0.3, -0.25) is 0 Å². The molecule has 2 N–H and O–H groups in total. The molecule has 1 aliphatic heterocycles. The Morgan fingerprint density at radius 2 is 2.30 bits per heavy atom. The Kier molecular flexibility index (Phi) is 2.69. The highest BCUT2D eigenvalue weighted by atomic mass is 16.5. The van der Waals surface area contributed by atoms with Gasteiger partial charge in [0, 0.05) is 6.61 Å². The van der Waals surface area contributed by atoms with Crippen LogP contribution in [0, 0.1) is 11.8 Å². The zero-order valence-electron chi connectivity index (χ0n) is 6.84. The van der Waals surface area contributed by atoms with Gasteiger partial charge in [-0.15, -0.1) is 0 Å². The minimum Gasteiger partial charge on any atom is -0.378 e. The number of ether oxygens (including phenoxy) is 1. The third-order valence-corrected chi connectivity index (χ3v) is 2.22. The highest BCUT2D eigenvalue weighted by Gasteiger charge is 2.28. The van der Waals surface area contributed by atoms with Crippen LogP contribution in [0.25, 0.3) is 0 Å². The summed E-state index contributed by atoms with van der Waals surface area (Å²) in [5, 5.41) is 0. The molecular weight excluding hydrogens is 126 g/mol. The summed E-state index contributed by atoms with van der Waals surface area (Å²) in [6.07, 6.45) is 1.57. The van der Waals surface area contributed by atoms with Gasteiger partial charge in [-0.25, -0.2) is 0 Å². The smallest absolute Gasteiger partial charge is 0.0639 e. The van der Waals surface area contributed by atoms with Crippen LogP contribution >= 0.6 is 0 Å². The standard InChI is InChI=1S/C8H17NO/c1-6(2)8-7(5-9)3-4-10-8/h6-8H,3-5,9H2,1-2H3/t7-,8+/m1/s1. The van der Waals surface area contributed by atoms with Crippen LogP contribution in [-0.4, -0.2) is 19.3 Å². The van der Waals surface area contributed by atoms with Crippen LogP contribution in [0.2, 0.25) is 0 Å². The summed E-state index contributed by atoms with van der Waals surface area (Å²) in [6, 6.07) is 0. The Hall–Kier alpha value is -0.0800. The van der Waals surface area contributed by atoms with E-state index in [2.05, 4.69) is 13.8 Å². The number of nitrogens with two attached hydrogens (primary N) is 1. The lowest BCUT2D eigenvalue weighted by molar-refractivity contribution is 0.0558. The van der Waals surface area contributed by atoms with E-state index in [1.54, 1.807) is 0 Å². The van der Waals surface area contributed by atoms with Crippen molar-refractivity contribution in [2.75, 3.05) is 13.2 Å². The van der Waals surface area contributed by atoms with Crippen LogP contribution in [0.5, 0.6) is 0 Å². The van der Waals surface area contributed by atoms with Crippen molar-refractivity contribution in [2.24, 2.45) is 17.6 Å². The predicted octanol–water partition coefficient (Wildman–Crippen LogP) is 1.01. The summed E-state index contributed by atoms with van der Waals surface area (Å²) in [6.45, 7) is 6.07. The van der Waals surface area contributed by atoms with Gasteiger partial charge in [0.25, 0.3) is 0 Å². The maximum absolute atomic E-state index is 5.58. The molecule has 1 fully saturated rings. The van der Waals surface area contributed by atoms with Crippen LogP contribution in [-0.2, 0) is 4.74 Å². The van der Waals surface area contributed by atoms with Crippen LogP contribution in [0.3, 0.4) is 0 Å². The molecule has 0 amide bonds. The zero-order valence-corrected chi connectivity index (χ0v) is 6.84. The molecule has 60 valence electrons. The third kappa shape index (κ3) is 1.50. The molecule has 2 nitrogen and oxygen atoms in total. The van der Waals surface area contributed by atoms with Crippen LogP contribution in [0.1, 0.15) is 20.3 Å². The lowest BCUT2D eigenvalue weighted by Gasteiger charge is -2.19. The molecule has 10 heavy (non-hydrogen) atoms. The molecule has 0 saturated carbocycles. The lowest BCUT2D eigenvalue weighted by atomic mass is 9.93. The van der Waals surface area contributed by atoms with Crippen LogP contribution < -0.4 is 5.73 Å². The fourth-order valence-electron chi connectivity index (χ4n) is 1.64. The van der Waals surface area contributed by atoms with E-state index in [1.807, 2.05) is 0 Å². The average Bonchev–Trinajstić information content (AvgIpc) is 2.33. The van der Waals surface area contributed by atoms with Gasteiger partial charge in [-0.05, 0) is 24.8 Å². The molecule has 1 heterocycles. The van der Waals surface area contributed by atoms with E-state index in [0.717, 1.165) is 19.6 Å². The van der Waals surface area contributed by atoms with Crippen molar-refractivity contribution in [3.8, 4) is 0 Å². The Balaban J connectivity index is 2.42. The first kappa shape index (κ1) is 8.02. The number of rotatable bonds is 2. The fourth-order valence-corrected chi connectivity index (χ4v) is 1.64. The molecule has 0 aromatic rings. The Morgan fingerprint density at radius 3 is 2.70 bits per heavy atom. The van der Waals surface area contributed by atoms with E-state index in [-0.39, 0.29) is 0 Å². The van der Waals surface area contributed by atoms with Gasteiger partial charge < -0.3 is 10.5 Å². The van der Waals surface area contributed by atoms with Crippen molar-refractivity contribution >= 4 is 0 Å². The molecule has 0 bridgehead atoms. The molecule has 2 heteroatoms. The highest BCUT2D eigenvalue weighted by molar-refractivity contribution is 4.78. The molecule has 0 unspecified atom stereocenters. The average molecular weight is 143 g/mol. The summed E-state index contributed by atoms with van der Waals surface area (Å²) in [5.41, 5.74) is 5.58. The molecule has 0 radical (unpaired) electrons. The molecule has 0 spiro atoms. The molecule has 0 aliphatic carbocycles. The van der Waals surface area contributed by atoms with Gasteiger partial charge in [0.15, 0.2) is 0 Å².